The van der Waals surface area contributed by atoms with E-state index in [2.05, 4.69) is 68.6 Å². The van der Waals surface area contributed by atoms with Crippen LogP contribution < -0.4 is 5.32 Å². The van der Waals surface area contributed by atoms with Crippen molar-refractivity contribution in [3.8, 4) is 0 Å². The molecular formula is C18H27N3. The molecule has 0 aliphatic rings. The van der Waals surface area contributed by atoms with Gasteiger partial charge in [0.1, 0.15) is 0 Å². The molecule has 0 fully saturated rings. The van der Waals surface area contributed by atoms with Crippen molar-refractivity contribution in [2.24, 2.45) is 5.92 Å². The molecule has 1 aromatic carbocycles. The third-order valence-corrected chi connectivity index (χ3v) is 3.68. The molecule has 2 aromatic rings. The summed E-state index contributed by atoms with van der Waals surface area (Å²) in [6.07, 6.45) is 5.13. The molecular weight excluding hydrogens is 258 g/mol. The zero-order chi connectivity index (χ0) is 15.2. The van der Waals surface area contributed by atoms with Crippen LogP contribution in [-0.2, 0) is 13.0 Å². The molecule has 114 valence electrons. The van der Waals surface area contributed by atoms with Crippen molar-refractivity contribution in [2.75, 3.05) is 6.54 Å². The Morgan fingerprint density at radius 2 is 1.86 bits per heavy atom. The SMILES string of the molecule is Cc1cnn(CCNC(C)c2ccc(CC(C)C)cc2)c1. The molecule has 3 heteroatoms. The fourth-order valence-electron chi connectivity index (χ4n) is 2.52. The van der Waals surface area contributed by atoms with Gasteiger partial charge in [-0.15, -0.1) is 0 Å². The van der Waals surface area contributed by atoms with Crippen LogP contribution in [0.2, 0.25) is 0 Å². The molecule has 0 saturated carbocycles. The number of nitrogens with zero attached hydrogens (tertiary/aromatic N) is 2. The fourth-order valence-corrected chi connectivity index (χ4v) is 2.52. The predicted molar refractivity (Wildman–Crippen MR) is 88.4 cm³/mol. The lowest BCUT2D eigenvalue weighted by Crippen LogP contribution is -2.23. The zero-order valence-electron chi connectivity index (χ0n) is 13.6. The number of hydrogen-bond acceptors (Lipinski definition) is 2. The monoisotopic (exact) mass is 285 g/mol. The Kier molecular flexibility index (Phi) is 5.57. The highest BCUT2D eigenvalue weighted by atomic mass is 15.3. The standard InChI is InChI=1S/C18H27N3/c1-14(2)11-17-5-7-18(8-6-17)16(4)19-9-10-21-13-15(3)12-20-21/h5-8,12-14,16,19H,9-11H2,1-4H3. The third-order valence-electron chi connectivity index (χ3n) is 3.68. The first-order chi connectivity index (χ1) is 10.0. The van der Waals surface area contributed by atoms with Crippen LogP contribution in [0.15, 0.2) is 36.7 Å². The Labute approximate surface area is 128 Å². The van der Waals surface area contributed by atoms with Gasteiger partial charge in [0.2, 0.25) is 0 Å². The van der Waals surface area contributed by atoms with Crippen molar-refractivity contribution in [1.29, 1.82) is 0 Å². The molecule has 0 spiro atoms. The summed E-state index contributed by atoms with van der Waals surface area (Å²) in [5, 5.41) is 7.86. The van der Waals surface area contributed by atoms with E-state index in [-0.39, 0.29) is 0 Å². The first kappa shape index (κ1) is 15.8. The summed E-state index contributed by atoms with van der Waals surface area (Å²) in [6.45, 7) is 10.6. The van der Waals surface area contributed by atoms with E-state index < -0.39 is 0 Å². The van der Waals surface area contributed by atoms with E-state index in [0.29, 0.717) is 12.0 Å². The van der Waals surface area contributed by atoms with Crippen LogP contribution >= 0.6 is 0 Å². The Morgan fingerprint density at radius 1 is 1.14 bits per heavy atom. The summed E-state index contributed by atoms with van der Waals surface area (Å²) in [5.41, 5.74) is 3.98. The number of aromatic nitrogens is 2. The molecule has 1 heterocycles. The lowest BCUT2D eigenvalue weighted by molar-refractivity contribution is 0.507. The molecule has 1 aromatic heterocycles. The lowest BCUT2D eigenvalue weighted by atomic mass is 10.00. The minimum absolute atomic E-state index is 0.370. The Bertz CT molecular complexity index is 540. The normalized spacial score (nSPS) is 12.8. The van der Waals surface area contributed by atoms with Crippen molar-refractivity contribution in [3.63, 3.8) is 0 Å². The molecule has 3 nitrogen and oxygen atoms in total. The molecule has 1 unspecified atom stereocenters. The predicted octanol–water partition coefficient (Wildman–Crippen LogP) is 3.74. The Hall–Kier alpha value is -1.61. The number of nitrogens with one attached hydrogen (secondary N) is 1. The minimum Gasteiger partial charge on any atom is -0.308 e. The van der Waals surface area contributed by atoms with E-state index in [4.69, 9.17) is 0 Å². The maximum absolute atomic E-state index is 4.30. The minimum atomic E-state index is 0.370. The van der Waals surface area contributed by atoms with Crippen LogP contribution in [0.25, 0.3) is 0 Å². The Balaban J connectivity index is 1.81. The van der Waals surface area contributed by atoms with Crippen LogP contribution in [0.5, 0.6) is 0 Å². The van der Waals surface area contributed by atoms with Crippen LogP contribution in [-0.4, -0.2) is 16.3 Å². The van der Waals surface area contributed by atoms with Gasteiger partial charge in [-0.1, -0.05) is 38.1 Å². The van der Waals surface area contributed by atoms with Crippen LogP contribution in [0.1, 0.15) is 43.5 Å². The van der Waals surface area contributed by atoms with Crippen LogP contribution in [0.4, 0.5) is 0 Å². The molecule has 0 aliphatic heterocycles. The van der Waals surface area contributed by atoms with Crippen molar-refractivity contribution in [3.05, 3.63) is 53.3 Å². The number of rotatable bonds is 7. The Morgan fingerprint density at radius 3 is 2.43 bits per heavy atom. The second-order valence-electron chi connectivity index (χ2n) is 6.30. The highest BCUT2D eigenvalue weighted by Gasteiger charge is 2.05. The average Bonchev–Trinajstić information content (AvgIpc) is 2.84. The molecule has 1 N–H and O–H groups in total. The van der Waals surface area contributed by atoms with Crippen molar-refractivity contribution in [1.82, 2.24) is 15.1 Å². The van der Waals surface area contributed by atoms with Crippen molar-refractivity contribution < 1.29 is 0 Å². The smallest absolute Gasteiger partial charge is 0.0534 e. The molecule has 21 heavy (non-hydrogen) atoms. The van der Waals surface area contributed by atoms with Gasteiger partial charge in [-0.25, -0.2) is 0 Å². The largest absolute Gasteiger partial charge is 0.308 e. The first-order valence-electron chi connectivity index (χ1n) is 7.86. The summed E-state index contributed by atoms with van der Waals surface area (Å²) in [7, 11) is 0. The van der Waals surface area contributed by atoms with E-state index in [1.54, 1.807) is 0 Å². The van der Waals surface area contributed by atoms with Crippen molar-refractivity contribution in [2.45, 2.75) is 46.7 Å². The lowest BCUT2D eigenvalue weighted by Gasteiger charge is -2.15. The van der Waals surface area contributed by atoms with Gasteiger partial charge in [-0.2, -0.15) is 5.10 Å². The van der Waals surface area contributed by atoms with Gasteiger partial charge < -0.3 is 5.32 Å². The highest BCUT2D eigenvalue weighted by Crippen LogP contribution is 2.15. The maximum Gasteiger partial charge on any atom is 0.0534 e. The molecule has 0 saturated heterocycles. The molecule has 0 amide bonds. The zero-order valence-corrected chi connectivity index (χ0v) is 13.6. The van der Waals surface area contributed by atoms with Gasteiger partial charge in [0.25, 0.3) is 0 Å². The van der Waals surface area contributed by atoms with Crippen molar-refractivity contribution >= 4 is 0 Å². The van der Waals surface area contributed by atoms with Gasteiger partial charge >= 0.3 is 0 Å². The topological polar surface area (TPSA) is 29.9 Å². The number of hydrogen-bond donors (Lipinski definition) is 1. The van der Waals surface area contributed by atoms with E-state index in [1.807, 2.05) is 10.9 Å². The molecule has 1 atom stereocenters. The van der Waals surface area contributed by atoms with E-state index in [0.717, 1.165) is 19.5 Å². The van der Waals surface area contributed by atoms with Gasteiger partial charge in [0.05, 0.1) is 12.7 Å². The second-order valence-corrected chi connectivity index (χ2v) is 6.30. The quantitative estimate of drug-likeness (QED) is 0.840. The number of benzene rings is 1. The van der Waals surface area contributed by atoms with Gasteiger partial charge in [-0.05, 0) is 42.9 Å². The third kappa shape index (κ3) is 5.01. The average molecular weight is 285 g/mol. The van der Waals surface area contributed by atoms with Gasteiger partial charge in [0, 0.05) is 18.8 Å². The summed E-state index contributed by atoms with van der Waals surface area (Å²) >= 11 is 0. The van der Waals surface area contributed by atoms with Gasteiger partial charge in [0.15, 0.2) is 0 Å². The maximum atomic E-state index is 4.30. The molecule has 0 bridgehead atoms. The van der Waals surface area contributed by atoms with E-state index >= 15 is 0 Å². The van der Waals surface area contributed by atoms with E-state index in [1.165, 1.54) is 16.7 Å². The van der Waals surface area contributed by atoms with Crippen LogP contribution in [0.3, 0.4) is 0 Å². The summed E-state index contributed by atoms with van der Waals surface area (Å²) in [4.78, 5) is 0. The van der Waals surface area contributed by atoms with E-state index in [9.17, 15) is 0 Å². The van der Waals surface area contributed by atoms with Gasteiger partial charge in [-0.3, -0.25) is 4.68 Å². The second kappa shape index (κ2) is 7.41. The first-order valence-corrected chi connectivity index (χ1v) is 7.86. The fraction of sp³-hybridized carbons (Fsp3) is 0.500. The molecule has 0 aliphatic carbocycles. The molecule has 2 rings (SSSR count). The summed E-state index contributed by atoms with van der Waals surface area (Å²) in [5.74, 6) is 0.712. The molecule has 0 radical (unpaired) electrons. The highest BCUT2D eigenvalue weighted by molar-refractivity contribution is 5.25. The number of aryl methyl sites for hydroxylation is 1. The summed E-state index contributed by atoms with van der Waals surface area (Å²) < 4.78 is 1.99. The van der Waals surface area contributed by atoms with Crippen LogP contribution in [0, 0.1) is 12.8 Å². The summed E-state index contributed by atoms with van der Waals surface area (Å²) in [6, 6.07) is 9.37.